The largest absolute Gasteiger partial charge is 0.496 e. The van der Waals surface area contributed by atoms with Crippen LogP contribution in [0.15, 0.2) is 6.20 Å². The van der Waals surface area contributed by atoms with E-state index in [-0.39, 0.29) is 17.9 Å². The molecule has 0 radical (unpaired) electrons. The highest BCUT2D eigenvalue weighted by Gasteiger charge is 2.12. The number of aryl methyl sites for hydroxylation is 1. The van der Waals surface area contributed by atoms with E-state index in [1.54, 1.807) is 13.3 Å². The Morgan fingerprint density at radius 2 is 2.17 bits per heavy atom. The van der Waals surface area contributed by atoms with E-state index in [9.17, 15) is 9.00 Å². The zero-order valence-electron chi connectivity index (χ0n) is 10.7. The summed E-state index contributed by atoms with van der Waals surface area (Å²) in [5, 5.41) is 8.53. The van der Waals surface area contributed by atoms with Gasteiger partial charge in [-0.3, -0.25) is 14.0 Å². The van der Waals surface area contributed by atoms with Crippen molar-refractivity contribution < 1.29 is 18.8 Å². The van der Waals surface area contributed by atoms with Crippen LogP contribution in [-0.4, -0.2) is 33.1 Å². The van der Waals surface area contributed by atoms with Crippen molar-refractivity contribution in [1.29, 1.82) is 0 Å². The van der Waals surface area contributed by atoms with Gasteiger partial charge in [-0.05, 0) is 13.8 Å². The van der Waals surface area contributed by atoms with Gasteiger partial charge >= 0.3 is 5.97 Å². The van der Waals surface area contributed by atoms with Crippen molar-refractivity contribution in [3.8, 4) is 5.75 Å². The first-order valence-corrected chi connectivity index (χ1v) is 7.00. The fourth-order valence-corrected chi connectivity index (χ4v) is 2.79. The third-order valence-electron chi connectivity index (χ3n) is 2.59. The topological polar surface area (TPSA) is 76.5 Å². The minimum Gasteiger partial charge on any atom is -0.496 e. The fraction of sp³-hybridized carbons (Fsp3) is 0.500. The first-order chi connectivity index (χ1) is 8.45. The predicted octanol–water partition coefficient (Wildman–Crippen LogP) is 1.43. The molecule has 0 bridgehead atoms. The van der Waals surface area contributed by atoms with E-state index in [0.717, 1.165) is 16.9 Å². The minimum atomic E-state index is -1.22. The summed E-state index contributed by atoms with van der Waals surface area (Å²) in [7, 11) is 0.366. The summed E-state index contributed by atoms with van der Waals surface area (Å²) in [4.78, 5) is 14.6. The van der Waals surface area contributed by atoms with Crippen molar-refractivity contribution in [1.82, 2.24) is 4.98 Å². The van der Waals surface area contributed by atoms with Crippen LogP contribution in [0.25, 0.3) is 0 Å². The Labute approximate surface area is 109 Å². The second-order valence-electron chi connectivity index (χ2n) is 3.98. The minimum absolute atomic E-state index is 0.0886. The van der Waals surface area contributed by atoms with Gasteiger partial charge in [0, 0.05) is 33.9 Å². The van der Waals surface area contributed by atoms with Crippen molar-refractivity contribution in [2.75, 3.05) is 12.9 Å². The highest BCUT2D eigenvalue weighted by Crippen LogP contribution is 2.24. The third kappa shape index (κ3) is 3.80. The summed E-state index contributed by atoms with van der Waals surface area (Å²) in [5.74, 6) is 0.215. The van der Waals surface area contributed by atoms with Crippen LogP contribution in [-0.2, 0) is 21.3 Å². The molecule has 0 aromatic carbocycles. The summed E-state index contributed by atoms with van der Waals surface area (Å²) < 4.78 is 17.0. The van der Waals surface area contributed by atoms with E-state index in [0.29, 0.717) is 5.69 Å². The molecule has 1 atom stereocenters. The van der Waals surface area contributed by atoms with Gasteiger partial charge in [-0.2, -0.15) is 0 Å². The number of methoxy groups -OCH3 is 1. The number of rotatable bonds is 6. The molecule has 0 fully saturated rings. The van der Waals surface area contributed by atoms with Crippen LogP contribution in [0, 0.1) is 13.8 Å². The Balaban J connectivity index is 2.79. The summed E-state index contributed by atoms with van der Waals surface area (Å²) in [5.41, 5.74) is 2.48. The van der Waals surface area contributed by atoms with Gasteiger partial charge in [-0.25, -0.2) is 0 Å². The summed E-state index contributed by atoms with van der Waals surface area (Å²) in [6, 6.07) is 0. The van der Waals surface area contributed by atoms with Crippen LogP contribution in [0.3, 0.4) is 0 Å². The number of pyridine rings is 1. The number of aliphatic carboxylic acids is 1. The van der Waals surface area contributed by atoms with Crippen LogP contribution in [0.4, 0.5) is 0 Å². The maximum Gasteiger partial charge on any atom is 0.304 e. The Kier molecular flexibility index (Phi) is 5.27. The average molecular weight is 271 g/mol. The Morgan fingerprint density at radius 3 is 2.72 bits per heavy atom. The maximum atomic E-state index is 11.7. The lowest BCUT2D eigenvalue weighted by molar-refractivity contribution is -0.136. The van der Waals surface area contributed by atoms with E-state index in [1.165, 1.54) is 0 Å². The summed E-state index contributed by atoms with van der Waals surface area (Å²) >= 11 is 0. The van der Waals surface area contributed by atoms with Crippen LogP contribution < -0.4 is 4.74 Å². The van der Waals surface area contributed by atoms with E-state index >= 15 is 0 Å². The van der Waals surface area contributed by atoms with Gasteiger partial charge in [0.25, 0.3) is 0 Å². The molecule has 0 aliphatic carbocycles. The number of carboxylic acids is 1. The zero-order valence-corrected chi connectivity index (χ0v) is 11.5. The first-order valence-electron chi connectivity index (χ1n) is 5.51. The molecular formula is C12H17NO4S. The molecule has 1 aromatic heterocycles. The number of carboxylic acid groups (broad SMARTS) is 1. The number of ether oxygens (including phenoxy) is 1. The second kappa shape index (κ2) is 6.49. The van der Waals surface area contributed by atoms with Crippen LogP contribution in [0.1, 0.15) is 23.2 Å². The van der Waals surface area contributed by atoms with Crippen molar-refractivity contribution in [3.05, 3.63) is 23.0 Å². The van der Waals surface area contributed by atoms with E-state index < -0.39 is 16.8 Å². The quantitative estimate of drug-likeness (QED) is 0.847. The molecule has 0 saturated heterocycles. The highest BCUT2D eigenvalue weighted by molar-refractivity contribution is 7.84. The van der Waals surface area contributed by atoms with Crippen molar-refractivity contribution >= 4 is 16.8 Å². The van der Waals surface area contributed by atoms with Gasteiger partial charge in [0.05, 0.1) is 25.0 Å². The summed E-state index contributed by atoms with van der Waals surface area (Å²) in [6.07, 6.45) is 1.59. The molecule has 0 spiro atoms. The van der Waals surface area contributed by atoms with Gasteiger partial charge in [-0.1, -0.05) is 0 Å². The molecule has 1 heterocycles. The number of hydrogen-bond acceptors (Lipinski definition) is 4. The monoisotopic (exact) mass is 271 g/mol. The molecule has 100 valence electrons. The summed E-state index contributed by atoms with van der Waals surface area (Å²) in [6.45, 7) is 3.76. The standard InChI is InChI=1S/C12H17NO4S/c1-8-6-13-10(9(2)12(8)17-3)7-18(16)5-4-11(14)15/h6H,4-5,7H2,1-3H3,(H,14,15). The van der Waals surface area contributed by atoms with E-state index in [2.05, 4.69) is 4.98 Å². The molecule has 0 amide bonds. The van der Waals surface area contributed by atoms with Crippen LogP contribution >= 0.6 is 0 Å². The van der Waals surface area contributed by atoms with Gasteiger partial charge in [-0.15, -0.1) is 0 Å². The number of carbonyl (C=O) groups is 1. The lowest BCUT2D eigenvalue weighted by Crippen LogP contribution is -2.09. The maximum absolute atomic E-state index is 11.7. The van der Waals surface area contributed by atoms with Crippen molar-refractivity contribution in [2.24, 2.45) is 0 Å². The van der Waals surface area contributed by atoms with Crippen LogP contribution in [0.5, 0.6) is 5.75 Å². The van der Waals surface area contributed by atoms with Crippen LogP contribution in [0.2, 0.25) is 0 Å². The molecule has 1 unspecified atom stereocenters. The highest BCUT2D eigenvalue weighted by atomic mass is 32.2. The van der Waals surface area contributed by atoms with Gasteiger partial charge in [0.15, 0.2) is 0 Å². The Hall–Kier alpha value is -1.43. The number of nitrogens with zero attached hydrogens (tertiary/aromatic N) is 1. The lowest BCUT2D eigenvalue weighted by atomic mass is 10.1. The third-order valence-corrected chi connectivity index (χ3v) is 3.85. The zero-order chi connectivity index (χ0) is 13.7. The molecular weight excluding hydrogens is 254 g/mol. The number of aromatic nitrogens is 1. The molecule has 5 nitrogen and oxygen atoms in total. The van der Waals surface area contributed by atoms with Gasteiger partial charge < -0.3 is 9.84 Å². The smallest absolute Gasteiger partial charge is 0.304 e. The van der Waals surface area contributed by atoms with E-state index in [4.69, 9.17) is 9.84 Å². The lowest BCUT2D eigenvalue weighted by Gasteiger charge is -2.11. The molecule has 0 aliphatic rings. The van der Waals surface area contributed by atoms with Crippen molar-refractivity contribution in [2.45, 2.75) is 26.0 Å². The van der Waals surface area contributed by atoms with Gasteiger partial charge in [0.1, 0.15) is 5.75 Å². The fourth-order valence-electron chi connectivity index (χ4n) is 1.64. The molecule has 0 saturated carbocycles. The first kappa shape index (κ1) is 14.6. The molecule has 18 heavy (non-hydrogen) atoms. The molecule has 1 rings (SSSR count). The Bertz CT molecular complexity index is 473. The van der Waals surface area contributed by atoms with E-state index in [1.807, 2.05) is 13.8 Å². The molecule has 1 aromatic rings. The van der Waals surface area contributed by atoms with Crippen molar-refractivity contribution in [3.63, 3.8) is 0 Å². The predicted molar refractivity (Wildman–Crippen MR) is 69.2 cm³/mol. The second-order valence-corrected chi connectivity index (χ2v) is 5.55. The van der Waals surface area contributed by atoms with Gasteiger partial charge in [0.2, 0.25) is 0 Å². The molecule has 6 heteroatoms. The molecule has 0 aliphatic heterocycles. The SMILES string of the molecule is COc1c(C)cnc(CS(=O)CCC(=O)O)c1C. The Morgan fingerprint density at radius 1 is 1.50 bits per heavy atom. The normalized spacial score (nSPS) is 12.2. The number of hydrogen-bond donors (Lipinski definition) is 1. The average Bonchev–Trinajstić information content (AvgIpc) is 2.31. The molecule has 1 N–H and O–H groups in total.